The molecule has 0 bridgehead atoms. The average Bonchev–Trinajstić information content (AvgIpc) is 2.19. The van der Waals surface area contributed by atoms with Crippen LogP contribution in [0.15, 0.2) is 0 Å². The number of likely N-dealkylation sites (N-methyl/N-ethyl adjacent to an activating group) is 1. The topological polar surface area (TPSA) is 24.5 Å². The van der Waals surface area contributed by atoms with Crippen molar-refractivity contribution in [3.63, 3.8) is 0 Å². The van der Waals surface area contributed by atoms with Crippen LogP contribution < -0.4 is 5.32 Å². The number of hydrogen-bond donors (Lipinski definition) is 1. The van der Waals surface area contributed by atoms with Crippen LogP contribution in [0.5, 0.6) is 0 Å². The van der Waals surface area contributed by atoms with Gasteiger partial charge >= 0.3 is 0 Å². The number of morpholine rings is 1. The van der Waals surface area contributed by atoms with Crippen LogP contribution in [0.25, 0.3) is 0 Å². The molecule has 0 aromatic carbocycles. The molecule has 3 heteroatoms. The third kappa shape index (κ3) is 2.66. The molecule has 1 fully saturated rings. The Kier molecular flexibility index (Phi) is 4.16. The molecule has 1 saturated heterocycles. The Bertz CT molecular complexity index is 146. The molecule has 1 N–H and O–H groups in total. The van der Waals surface area contributed by atoms with E-state index in [1.54, 1.807) is 0 Å². The van der Waals surface area contributed by atoms with Crippen LogP contribution >= 0.6 is 0 Å². The van der Waals surface area contributed by atoms with Gasteiger partial charge in [0.15, 0.2) is 0 Å². The van der Waals surface area contributed by atoms with E-state index < -0.39 is 0 Å². The highest BCUT2D eigenvalue weighted by molar-refractivity contribution is 4.87. The fraction of sp³-hybridized carbons (Fsp3) is 1.00. The van der Waals surface area contributed by atoms with E-state index in [4.69, 9.17) is 4.74 Å². The summed E-state index contributed by atoms with van der Waals surface area (Å²) in [6.07, 6.45) is 1.19. The van der Waals surface area contributed by atoms with Crippen molar-refractivity contribution in [1.82, 2.24) is 10.2 Å². The first-order chi connectivity index (χ1) is 6.23. The molecule has 0 spiro atoms. The normalized spacial score (nSPS) is 24.2. The average molecular weight is 186 g/mol. The van der Waals surface area contributed by atoms with Gasteiger partial charge in [0.1, 0.15) is 0 Å². The summed E-state index contributed by atoms with van der Waals surface area (Å²) in [7, 11) is 2.02. The van der Waals surface area contributed by atoms with E-state index in [1.807, 2.05) is 7.05 Å². The molecule has 13 heavy (non-hydrogen) atoms. The molecule has 0 aliphatic carbocycles. The summed E-state index contributed by atoms with van der Waals surface area (Å²) in [5.41, 5.74) is 0.304. The van der Waals surface area contributed by atoms with Gasteiger partial charge in [0, 0.05) is 25.2 Å². The van der Waals surface area contributed by atoms with Crippen LogP contribution in [0.1, 0.15) is 20.3 Å². The third-order valence-corrected chi connectivity index (χ3v) is 3.09. The summed E-state index contributed by atoms with van der Waals surface area (Å²) in [5.74, 6) is 0. The highest BCUT2D eigenvalue weighted by atomic mass is 16.5. The fourth-order valence-electron chi connectivity index (χ4n) is 1.94. The minimum Gasteiger partial charge on any atom is -0.379 e. The molecule has 0 aromatic heterocycles. The van der Waals surface area contributed by atoms with Crippen LogP contribution in [0.4, 0.5) is 0 Å². The molecule has 0 saturated carbocycles. The molecule has 0 amide bonds. The number of rotatable bonds is 4. The summed E-state index contributed by atoms with van der Waals surface area (Å²) in [5, 5.41) is 3.27. The van der Waals surface area contributed by atoms with Crippen molar-refractivity contribution in [2.75, 3.05) is 39.9 Å². The minimum absolute atomic E-state index is 0.304. The van der Waals surface area contributed by atoms with Crippen LogP contribution in [0.2, 0.25) is 0 Å². The summed E-state index contributed by atoms with van der Waals surface area (Å²) >= 11 is 0. The second-order valence-corrected chi connectivity index (χ2v) is 3.98. The Balaban J connectivity index is 2.51. The molecule has 1 atom stereocenters. The van der Waals surface area contributed by atoms with Gasteiger partial charge in [-0.1, -0.05) is 6.92 Å². The number of nitrogens with zero attached hydrogens (tertiary/aromatic N) is 1. The Hall–Kier alpha value is -0.120. The fourth-order valence-corrected chi connectivity index (χ4v) is 1.94. The molecule has 78 valence electrons. The molecule has 0 aromatic rings. The summed E-state index contributed by atoms with van der Waals surface area (Å²) < 4.78 is 5.36. The maximum Gasteiger partial charge on any atom is 0.0594 e. The van der Waals surface area contributed by atoms with E-state index in [0.717, 1.165) is 32.8 Å². The summed E-state index contributed by atoms with van der Waals surface area (Å²) in [4.78, 5) is 2.53. The van der Waals surface area contributed by atoms with Crippen molar-refractivity contribution >= 4 is 0 Å². The van der Waals surface area contributed by atoms with Crippen LogP contribution in [0.3, 0.4) is 0 Å². The molecule has 0 radical (unpaired) electrons. The van der Waals surface area contributed by atoms with E-state index in [2.05, 4.69) is 24.1 Å². The number of ether oxygens (including phenoxy) is 1. The van der Waals surface area contributed by atoms with Gasteiger partial charge in [0.2, 0.25) is 0 Å². The van der Waals surface area contributed by atoms with Gasteiger partial charge in [0.05, 0.1) is 13.2 Å². The maximum atomic E-state index is 5.36. The molecular formula is C10H22N2O. The number of hydrogen-bond acceptors (Lipinski definition) is 3. The first-order valence-electron chi connectivity index (χ1n) is 5.20. The molecule has 1 unspecified atom stereocenters. The van der Waals surface area contributed by atoms with E-state index in [9.17, 15) is 0 Å². The second-order valence-electron chi connectivity index (χ2n) is 3.98. The number of nitrogens with one attached hydrogen (secondary N) is 1. The van der Waals surface area contributed by atoms with Crippen LogP contribution in [-0.2, 0) is 4.74 Å². The van der Waals surface area contributed by atoms with Crippen molar-refractivity contribution in [2.24, 2.45) is 0 Å². The largest absolute Gasteiger partial charge is 0.379 e. The van der Waals surface area contributed by atoms with Gasteiger partial charge in [-0.15, -0.1) is 0 Å². The van der Waals surface area contributed by atoms with Crippen molar-refractivity contribution in [2.45, 2.75) is 25.8 Å². The van der Waals surface area contributed by atoms with Crippen LogP contribution in [-0.4, -0.2) is 50.3 Å². The molecule has 3 nitrogen and oxygen atoms in total. The zero-order valence-corrected chi connectivity index (χ0v) is 9.10. The van der Waals surface area contributed by atoms with Gasteiger partial charge < -0.3 is 10.1 Å². The smallest absolute Gasteiger partial charge is 0.0594 e. The van der Waals surface area contributed by atoms with Crippen molar-refractivity contribution in [3.8, 4) is 0 Å². The monoisotopic (exact) mass is 186 g/mol. The summed E-state index contributed by atoms with van der Waals surface area (Å²) in [6.45, 7) is 9.57. The van der Waals surface area contributed by atoms with Gasteiger partial charge in [-0.2, -0.15) is 0 Å². The summed E-state index contributed by atoms with van der Waals surface area (Å²) in [6, 6.07) is 0. The first-order valence-corrected chi connectivity index (χ1v) is 5.20. The molecule has 1 heterocycles. The second kappa shape index (κ2) is 4.94. The van der Waals surface area contributed by atoms with Crippen molar-refractivity contribution < 1.29 is 4.74 Å². The molecule has 1 rings (SSSR count). The minimum atomic E-state index is 0.304. The maximum absolute atomic E-state index is 5.36. The van der Waals surface area contributed by atoms with Gasteiger partial charge in [0.25, 0.3) is 0 Å². The zero-order valence-electron chi connectivity index (χ0n) is 9.10. The Morgan fingerprint density at radius 1 is 1.38 bits per heavy atom. The Morgan fingerprint density at radius 3 is 2.46 bits per heavy atom. The molecular weight excluding hydrogens is 164 g/mol. The quantitative estimate of drug-likeness (QED) is 0.699. The third-order valence-electron chi connectivity index (χ3n) is 3.09. The van der Waals surface area contributed by atoms with E-state index >= 15 is 0 Å². The van der Waals surface area contributed by atoms with Gasteiger partial charge in [-0.05, 0) is 20.4 Å². The van der Waals surface area contributed by atoms with E-state index in [-0.39, 0.29) is 0 Å². The predicted molar refractivity (Wildman–Crippen MR) is 55.0 cm³/mol. The van der Waals surface area contributed by atoms with Crippen molar-refractivity contribution in [1.29, 1.82) is 0 Å². The van der Waals surface area contributed by atoms with Crippen molar-refractivity contribution in [3.05, 3.63) is 0 Å². The lowest BCUT2D eigenvalue weighted by molar-refractivity contribution is -0.0168. The van der Waals surface area contributed by atoms with Crippen LogP contribution in [0, 0.1) is 0 Å². The highest BCUT2D eigenvalue weighted by Gasteiger charge is 2.30. The van der Waals surface area contributed by atoms with Gasteiger partial charge in [-0.3, -0.25) is 4.90 Å². The van der Waals surface area contributed by atoms with E-state index in [1.165, 1.54) is 6.42 Å². The Labute approximate surface area is 81.4 Å². The SMILES string of the molecule is CCC(C)(CNC)N1CCOCC1. The highest BCUT2D eigenvalue weighted by Crippen LogP contribution is 2.19. The predicted octanol–water partition coefficient (Wildman–Crippen LogP) is 0.707. The molecule has 1 aliphatic rings. The first kappa shape index (κ1) is 11.0. The lowest BCUT2D eigenvalue weighted by Gasteiger charge is -2.42. The lowest BCUT2D eigenvalue weighted by Crippen LogP contribution is -2.55. The van der Waals surface area contributed by atoms with E-state index in [0.29, 0.717) is 5.54 Å². The zero-order chi connectivity index (χ0) is 9.73. The Morgan fingerprint density at radius 2 is 2.00 bits per heavy atom. The lowest BCUT2D eigenvalue weighted by atomic mass is 9.96. The molecule has 1 aliphatic heterocycles. The standard InChI is InChI=1S/C10H22N2O/c1-4-10(2,9-11-3)12-5-7-13-8-6-12/h11H,4-9H2,1-3H3. The van der Waals surface area contributed by atoms with Gasteiger partial charge in [-0.25, -0.2) is 0 Å².